The van der Waals surface area contributed by atoms with Gasteiger partial charge in [0.25, 0.3) is 0 Å². The summed E-state index contributed by atoms with van der Waals surface area (Å²) in [7, 11) is 0. The van der Waals surface area contributed by atoms with Crippen LogP contribution in [0.4, 0.5) is 5.13 Å². The molecule has 19 nitrogen and oxygen atoms in total. The molecule has 0 aliphatic heterocycles. The molecule has 2 aliphatic carbocycles. The molecule has 5 aromatic rings. The lowest BCUT2D eigenvalue weighted by Gasteiger charge is -2.28. The van der Waals surface area contributed by atoms with E-state index in [9.17, 15) is 24.0 Å². The third-order valence-electron chi connectivity index (χ3n) is 13.6. The summed E-state index contributed by atoms with van der Waals surface area (Å²) in [5, 5.41) is 7.47. The van der Waals surface area contributed by atoms with Crippen LogP contribution in [-0.4, -0.2) is 120 Å². The summed E-state index contributed by atoms with van der Waals surface area (Å²) in [6, 6.07) is 27.4. The molecule has 2 fully saturated rings. The lowest BCUT2D eigenvalue weighted by Crippen LogP contribution is -2.28. The van der Waals surface area contributed by atoms with Gasteiger partial charge in [0.15, 0.2) is 0 Å². The number of nitrogens with zero attached hydrogens (tertiary/aromatic N) is 3. The Hall–Kier alpha value is -8.07. The van der Waals surface area contributed by atoms with E-state index in [-0.39, 0.29) is 62.0 Å². The van der Waals surface area contributed by atoms with Crippen LogP contribution in [0.5, 0.6) is 34.5 Å². The van der Waals surface area contributed by atoms with Gasteiger partial charge in [-0.25, -0.2) is 24.4 Å². The number of carbonyl (C=O) groups excluding carboxylic acids is 5. The molecule has 0 atom stereocenters. The third-order valence-corrected chi connectivity index (χ3v) is 14.7. The number of aromatic nitrogens is 1. The van der Waals surface area contributed by atoms with Crippen LogP contribution in [-0.2, 0) is 47.7 Å². The van der Waals surface area contributed by atoms with Crippen LogP contribution in [0, 0.1) is 23.7 Å². The zero-order valence-corrected chi connectivity index (χ0v) is 47.6. The molecule has 7 rings (SSSR count). The van der Waals surface area contributed by atoms with Gasteiger partial charge < -0.3 is 52.1 Å². The normalized spacial score (nSPS) is 16.7. The first-order chi connectivity index (χ1) is 40.5. The molecule has 2 saturated carbocycles. The van der Waals surface area contributed by atoms with Crippen molar-refractivity contribution in [1.29, 1.82) is 0 Å². The highest BCUT2D eigenvalue weighted by atomic mass is 32.1. The maximum atomic E-state index is 13.3. The average molecular weight is 1160 g/mol. The zero-order chi connectivity index (χ0) is 58.4. The summed E-state index contributed by atoms with van der Waals surface area (Å²) in [6.45, 7) is 13.9. The Kier molecular flexibility index (Phi) is 25.9. The molecule has 0 saturated heterocycles. The van der Waals surface area contributed by atoms with E-state index in [4.69, 9.17) is 62.2 Å². The van der Waals surface area contributed by atoms with Crippen molar-refractivity contribution >= 4 is 62.7 Å². The van der Waals surface area contributed by atoms with Crippen LogP contribution in [0.15, 0.2) is 134 Å². The number of hydrogen-bond acceptors (Lipinski definition) is 20. The van der Waals surface area contributed by atoms with Crippen molar-refractivity contribution in [2.75, 3.05) is 84.2 Å². The quantitative estimate of drug-likeness (QED) is 0.00701. The van der Waals surface area contributed by atoms with E-state index >= 15 is 0 Å². The fraction of sp³-hybridized carbons (Fsp3) is 0.413. The molecule has 2 aliphatic rings. The van der Waals surface area contributed by atoms with Crippen molar-refractivity contribution in [2.45, 2.75) is 64.2 Å². The number of benzene rings is 4. The molecule has 0 amide bonds. The van der Waals surface area contributed by atoms with Gasteiger partial charge in [-0.3, -0.25) is 9.59 Å². The molecule has 4 aromatic carbocycles. The van der Waals surface area contributed by atoms with Crippen LogP contribution >= 0.6 is 11.3 Å². The Bertz CT molecular complexity index is 2880. The topological polar surface area (TPSA) is 215 Å². The molecular weight excluding hydrogens is 1090 g/mol. The van der Waals surface area contributed by atoms with Crippen molar-refractivity contribution in [3.05, 3.63) is 135 Å². The van der Waals surface area contributed by atoms with E-state index in [1.165, 1.54) is 11.3 Å². The molecule has 0 unspecified atom stereocenters. The second-order valence-electron chi connectivity index (χ2n) is 19.6. The van der Waals surface area contributed by atoms with Crippen molar-refractivity contribution in [1.82, 2.24) is 4.98 Å². The maximum absolute atomic E-state index is 13.3. The van der Waals surface area contributed by atoms with Crippen molar-refractivity contribution in [2.24, 2.45) is 28.8 Å². The molecule has 20 heteroatoms. The van der Waals surface area contributed by atoms with E-state index < -0.39 is 17.9 Å². The van der Waals surface area contributed by atoms with Gasteiger partial charge in [-0.15, -0.1) is 0 Å². The minimum atomic E-state index is -0.504. The summed E-state index contributed by atoms with van der Waals surface area (Å²) < 4.78 is 63.4. The first-order valence-electron chi connectivity index (χ1n) is 28.0. The van der Waals surface area contributed by atoms with E-state index in [0.29, 0.717) is 137 Å². The molecule has 1 aromatic heterocycles. The Morgan fingerprint density at radius 3 is 1.55 bits per heavy atom. The highest BCUT2D eigenvalue weighted by Crippen LogP contribution is 2.35. The van der Waals surface area contributed by atoms with Gasteiger partial charge in [0, 0.05) is 36.6 Å². The van der Waals surface area contributed by atoms with Gasteiger partial charge >= 0.3 is 29.8 Å². The molecule has 1 heterocycles. The summed E-state index contributed by atoms with van der Waals surface area (Å²) >= 11 is 1.52. The van der Waals surface area contributed by atoms with Gasteiger partial charge in [-0.1, -0.05) is 43.2 Å². The molecule has 442 valence electrons. The van der Waals surface area contributed by atoms with E-state index in [1.807, 2.05) is 42.5 Å². The number of fused-ring (bicyclic) bond motifs is 1. The van der Waals surface area contributed by atoms with Crippen LogP contribution in [0.3, 0.4) is 0 Å². The minimum absolute atomic E-state index is 0.120. The summed E-state index contributed by atoms with van der Waals surface area (Å²) in [4.78, 5) is 65.2. The molecule has 0 radical (unpaired) electrons. The number of anilines is 1. The summed E-state index contributed by atoms with van der Waals surface area (Å²) in [6.07, 6.45) is 12.0. The molecular formula is C63H73N3O16S. The smallest absolute Gasteiger partial charge is 0.330 e. The first-order valence-corrected chi connectivity index (χ1v) is 28.9. The number of hydrogen-bond donors (Lipinski definition) is 0. The molecule has 0 spiro atoms. The SMILES string of the molecule is C=CC(=O)OCCCOc1ccc(OC(=O)C2CCC(COc3ccc(OCC4CCC(C(=O)Oc5ccc(OCCCOC(=O)C=C)cc5)CC4)c(/C=N/N(CCOCCOCCOC(=O)C=C)c4nc5ccccc5s4)c3)CC2)cc1. The highest BCUT2D eigenvalue weighted by molar-refractivity contribution is 7.22. The van der Waals surface area contributed by atoms with Gasteiger partial charge in [-0.2, -0.15) is 5.10 Å². The highest BCUT2D eigenvalue weighted by Gasteiger charge is 2.30. The lowest BCUT2D eigenvalue weighted by molar-refractivity contribution is -0.141. The van der Waals surface area contributed by atoms with Crippen molar-refractivity contribution in [3.8, 4) is 34.5 Å². The predicted molar refractivity (Wildman–Crippen MR) is 312 cm³/mol. The fourth-order valence-electron chi connectivity index (χ4n) is 9.01. The Labute approximate surface area is 488 Å². The number of esters is 5. The molecule has 0 N–H and O–H groups in total. The summed E-state index contributed by atoms with van der Waals surface area (Å²) in [5.41, 5.74) is 1.54. The first kappa shape index (κ1) is 62.5. The Morgan fingerprint density at radius 1 is 0.530 bits per heavy atom. The van der Waals surface area contributed by atoms with Gasteiger partial charge in [0.1, 0.15) is 41.1 Å². The van der Waals surface area contributed by atoms with Crippen LogP contribution in [0.25, 0.3) is 10.2 Å². The number of thiazole rings is 1. The largest absolute Gasteiger partial charge is 0.493 e. The number of carbonyl (C=O) groups is 5. The minimum Gasteiger partial charge on any atom is -0.493 e. The van der Waals surface area contributed by atoms with Crippen molar-refractivity contribution in [3.63, 3.8) is 0 Å². The van der Waals surface area contributed by atoms with E-state index in [0.717, 1.165) is 54.1 Å². The van der Waals surface area contributed by atoms with Crippen LogP contribution in [0.1, 0.15) is 69.8 Å². The number of rotatable bonds is 35. The monoisotopic (exact) mass is 1160 g/mol. The standard InChI is InChI=1S/C63H73N3O16S/c1-4-58(67)76-34-9-32-74-50-21-25-52(26-22-50)81-61(70)47-17-13-45(14-18-47)43-79-54-29-30-56(80-44-46-15-19-48(20-16-46)62(71)82-53-27-23-51(24-28-53)75-33-10-35-77-59(68)5-2)49(41-54)42-64-66(63-65-55-11-7-8-12-57(55)83-63)31-36-72-37-38-73-39-40-78-60(69)6-3/h4-8,11-12,21-30,41-42,45-48H,1-3,9-10,13-20,31-40,43-44H2/b64-42+. The van der Waals surface area contributed by atoms with E-state index in [1.54, 1.807) is 59.8 Å². The fourth-order valence-corrected chi connectivity index (χ4v) is 9.96. The van der Waals surface area contributed by atoms with Crippen LogP contribution < -0.4 is 33.4 Å². The Morgan fingerprint density at radius 2 is 1.01 bits per heavy atom. The number of ether oxygens (including phenoxy) is 11. The zero-order valence-electron chi connectivity index (χ0n) is 46.7. The molecule has 0 bridgehead atoms. The van der Waals surface area contributed by atoms with Gasteiger partial charge in [0.2, 0.25) is 5.13 Å². The van der Waals surface area contributed by atoms with Crippen molar-refractivity contribution < 1.29 is 76.1 Å². The number of para-hydroxylation sites is 1. The molecule has 83 heavy (non-hydrogen) atoms. The van der Waals surface area contributed by atoms with Gasteiger partial charge in [0.05, 0.1) is 101 Å². The van der Waals surface area contributed by atoms with Gasteiger partial charge in [-0.05, 0) is 142 Å². The third kappa shape index (κ3) is 21.6. The second kappa shape index (κ2) is 34.4. The summed E-state index contributed by atoms with van der Waals surface area (Å²) in [5.74, 6) is 1.34. The number of hydrazone groups is 1. The van der Waals surface area contributed by atoms with Crippen LogP contribution in [0.2, 0.25) is 0 Å². The lowest BCUT2D eigenvalue weighted by atomic mass is 9.82. The van der Waals surface area contributed by atoms with E-state index in [2.05, 4.69) is 19.7 Å². The average Bonchev–Trinajstić information content (AvgIpc) is 4.15. The Balaban J connectivity index is 0.934. The second-order valence-corrected chi connectivity index (χ2v) is 20.6. The maximum Gasteiger partial charge on any atom is 0.330 e. The predicted octanol–water partition coefficient (Wildman–Crippen LogP) is 10.5.